The molecule has 18 heavy (non-hydrogen) atoms. The van der Waals surface area contributed by atoms with Crippen molar-refractivity contribution in [2.75, 3.05) is 27.3 Å². The minimum atomic E-state index is 0.697. The molecule has 4 nitrogen and oxygen atoms in total. The highest BCUT2D eigenvalue weighted by Crippen LogP contribution is 2.31. The Balaban J connectivity index is 2.14. The molecule has 100 valence electrons. The summed E-state index contributed by atoms with van der Waals surface area (Å²) < 4.78 is 10.7. The van der Waals surface area contributed by atoms with Crippen LogP contribution in [0, 0.1) is 0 Å². The molecule has 1 saturated carbocycles. The molecule has 0 unspecified atom stereocenters. The molecule has 1 aliphatic rings. The van der Waals surface area contributed by atoms with Crippen molar-refractivity contribution in [1.29, 1.82) is 0 Å². The maximum Gasteiger partial charge on any atom is 0.123 e. The van der Waals surface area contributed by atoms with Crippen molar-refractivity contribution in [3.05, 3.63) is 23.8 Å². The van der Waals surface area contributed by atoms with Crippen LogP contribution in [-0.4, -0.2) is 38.3 Å². The van der Waals surface area contributed by atoms with Gasteiger partial charge >= 0.3 is 0 Å². The summed E-state index contributed by atoms with van der Waals surface area (Å²) >= 11 is 0. The maximum absolute atomic E-state index is 5.68. The number of rotatable bonds is 7. The third-order valence-electron chi connectivity index (χ3n) is 3.34. The molecule has 0 aliphatic heterocycles. The van der Waals surface area contributed by atoms with Gasteiger partial charge in [0.15, 0.2) is 0 Å². The van der Waals surface area contributed by atoms with Crippen molar-refractivity contribution < 1.29 is 9.47 Å². The highest BCUT2D eigenvalue weighted by atomic mass is 16.5. The summed E-state index contributed by atoms with van der Waals surface area (Å²) in [5.74, 6) is 1.78. The lowest BCUT2D eigenvalue weighted by atomic mass is 10.1. The highest BCUT2D eigenvalue weighted by molar-refractivity contribution is 5.40. The van der Waals surface area contributed by atoms with E-state index in [9.17, 15) is 0 Å². The molecule has 0 atom stereocenters. The van der Waals surface area contributed by atoms with Crippen LogP contribution in [0.5, 0.6) is 11.5 Å². The zero-order valence-corrected chi connectivity index (χ0v) is 11.2. The summed E-state index contributed by atoms with van der Waals surface area (Å²) in [5.41, 5.74) is 6.84. The number of ether oxygens (including phenoxy) is 2. The van der Waals surface area contributed by atoms with Crippen molar-refractivity contribution in [1.82, 2.24) is 4.90 Å². The monoisotopic (exact) mass is 250 g/mol. The Kier molecular flexibility index (Phi) is 4.44. The summed E-state index contributed by atoms with van der Waals surface area (Å²) in [6, 6.07) is 6.63. The van der Waals surface area contributed by atoms with Crippen LogP contribution in [-0.2, 0) is 6.54 Å². The number of hydrogen-bond acceptors (Lipinski definition) is 4. The molecule has 4 heteroatoms. The molecular weight excluding hydrogens is 228 g/mol. The Bertz CT molecular complexity index is 391. The van der Waals surface area contributed by atoms with Gasteiger partial charge in [0.2, 0.25) is 0 Å². The van der Waals surface area contributed by atoms with E-state index in [-0.39, 0.29) is 0 Å². The van der Waals surface area contributed by atoms with Gasteiger partial charge in [0.25, 0.3) is 0 Å². The predicted octanol–water partition coefficient (Wildman–Crippen LogP) is 1.63. The zero-order chi connectivity index (χ0) is 13.0. The van der Waals surface area contributed by atoms with Crippen LogP contribution in [0.1, 0.15) is 18.4 Å². The first kappa shape index (κ1) is 13.2. The van der Waals surface area contributed by atoms with E-state index in [4.69, 9.17) is 15.2 Å². The second kappa shape index (κ2) is 6.07. The first-order valence-corrected chi connectivity index (χ1v) is 6.43. The molecule has 2 rings (SSSR count). The predicted molar refractivity (Wildman–Crippen MR) is 72.0 cm³/mol. The lowest BCUT2D eigenvalue weighted by Gasteiger charge is -2.22. The second-order valence-electron chi connectivity index (χ2n) is 4.67. The van der Waals surface area contributed by atoms with Crippen LogP contribution in [0.2, 0.25) is 0 Å². The Morgan fingerprint density at radius 3 is 2.61 bits per heavy atom. The Morgan fingerprint density at radius 2 is 2.06 bits per heavy atom. The Morgan fingerprint density at radius 1 is 1.28 bits per heavy atom. The van der Waals surface area contributed by atoms with Crippen molar-refractivity contribution in [3.63, 3.8) is 0 Å². The van der Waals surface area contributed by atoms with Crippen molar-refractivity contribution >= 4 is 0 Å². The quantitative estimate of drug-likeness (QED) is 0.799. The van der Waals surface area contributed by atoms with Crippen LogP contribution in [0.25, 0.3) is 0 Å². The molecule has 0 amide bonds. The summed E-state index contributed by atoms with van der Waals surface area (Å²) in [6.45, 7) is 2.51. The fourth-order valence-electron chi connectivity index (χ4n) is 2.22. The van der Waals surface area contributed by atoms with Gasteiger partial charge < -0.3 is 15.2 Å². The topological polar surface area (TPSA) is 47.7 Å². The first-order valence-electron chi connectivity index (χ1n) is 6.43. The SMILES string of the molecule is COc1ccc(OC)c(CN(CCN)C2CC2)c1. The normalized spacial score (nSPS) is 14.9. The van der Waals surface area contributed by atoms with E-state index in [0.717, 1.165) is 30.2 Å². The molecule has 0 bridgehead atoms. The Hall–Kier alpha value is -1.26. The molecule has 0 spiro atoms. The number of nitrogens with two attached hydrogens (primary N) is 1. The van der Waals surface area contributed by atoms with Gasteiger partial charge in [-0.25, -0.2) is 0 Å². The molecule has 2 N–H and O–H groups in total. The van der Waals surface area contributed by atoms with Gasteiger partial charge in [-0.05, 0) is 31.0 Å². The van der Waals surface area contributed by atoms with E-state index in [1.165, 1.54) is 12.8 Å². The van der Waals surface area contributed by atoms with Crippen LogP contribution in [0.15, 0.2) is 18.2 Å². The molecular formula is C14H22N2O2. The minimum Gasteiger partial charge on any atom is -0.497 e. The summed E-state index contributed by atoms with van der Waals surface area (Å²) in [7, 11) is 3.39. The lowest BCUT2D eigenvalue weighted by molar-refractivity contribution is 0.257. The van der Waals surface area contributed by atoms with Gasteiger partial charge in [-0.1, -0.05) is 0 Å². The molecule has 0 heterocycles. The average molecular weight is 250 g/mol. The molecule has 1 aromatic carbocycles. The van der Waals surface area contributed by atoms with Gasteiger partial charge in [-0.3, -0.25) is 4.90 Å². The zero-order valence-electron chi connectivity index (χ0n) is 11.2. The number of nitrogens with zero attached hydrogens (tertiary/aromatic N) is 1. The highest BCUT2D eigenvalue weighted by Gasteiger charge is 2.28. The molecule has 1 fully saturated rings. The summed E-state index contributed by atoms with van der Waals surface area (Å²) in [4.78, 5) is 2.43. The van der Waals surface area contributed by atoms with E-state index < -0.39 is 0 Å². The van der Waals surface area contributed by atoms with Crippen molar-refractivity contribution in [2.24, 2.45) is 5.73 Å². The van der Waals surface area contributed by atoms with Crippen molar-refractivity contribution in [3.8, 4) is 11.5 Å². The molecule has 1 aromatic rings. The molecule has 0 aromatic heterocycles. The maximum atomic E-state index is 5.68. The van der Waals surface area contributed by atoms with Crippen LogP contribution >= 0.6 is 0 Å². The average Bonchev–Trinajstić information content (AvgIpc) is 3.22. The van der Waals surface area contributed by atoms with Crippen LogP contribution < -0.4 is 15.2 Å². The van der Waals surface area contributed by atoms with E-state index in [2.05, 4.69) is 4.90 Å². The van der Waals surface area contributed by atoms with Gasteiger partial charge in [-0.2, -0.15) is 0 Å². The van der Waals surface area contributed by atoms with E-state index >= 15 is 0 Å². The minimum absolute atomic E-state index is 0.697. The van der Waals surface area contributed by atoms with E-state index in [1.807, 2.05) is 18.2 Å². The number of benzene rings is 1. The standard InChI is InChI=1S/C14H22N2O2/c1-17-13-5-6-14(18-2)11(9-13)10-16(8-7-15)12-3-4-12/h5-6,9,12H,3-4,7-8,10,15H2,1-2H3. The Labute approximate surface area is 109 Å². The van der Waals surface area contributed by atoms with Gasteiger partial charge in [-0.15, -0.1) is 0 Å². The lowest BCUT2D eigenvalue weighted by Crippen LogP contribution is -2.31. The second-order valence-corrected chi connectivity index (χ2v) is 4.67. The third-order valence-corrected chi connectivity index (χ3v) is 3.34. The largest absolute Gasteiger partial charge is 0.497 e. The summed E-state index contributed by atoms with van der Waals surface area (Å²) in [5, 5.41) is 0. The van der Waals surface area contributed by atoms with Gasteiger partial charge in [0.05, 0.1) is 14.2 Å². The van der Waals surface area contributed by atoms with Crippen molar-refractivity contribution in [2.45, 2.75) is 25.4 Å². The smallest absolute Gasteiger partial charge is 0.123 e. The van der Waals surface area contributed by atoms with E-state index in [1.54, 1.807) is 14.2 Å². The van der Waals surface area contributed by atoms with Gasteiger partial charge in [0, 0.05) is 31.2 Å². The number of methoxy groups -OCH3 is 2. The summed E-state index contributed by atoms with van der Waals surface area (Å²) in [6.07, 6.45) is 2.57. The van der Waals surface area contributed by atoms with Crippen LogP contribution in [0.3, 0.4) is 0 Å². The molecule has 1 aliphatic carbocycles. The van der Waals surface area contributed by atoms with Gasteiger partial charge in [0.1, 0.15) is 11.5 Å². The number of hydrogen-bond donors (Lipinski definition) is 1. The fraction of sp³-hybridized carbons (Fsp3) is 0.571. The van der Waals surface area contributed by atoms with Crippen LogP contribution in [0.4, 0.5) is 0 Å². The fourth-order valence-corrected chi connectivity index (χ4v) is 2.22. The van der Waals surface area contributed by atoms with E-state index in [0.29, 0.717) is 12.6 Å². The molecule has 0 radical (unpaired) electrons. The third kappa shape index (κ3) is 3.15. The molecule has 0 saturated heterocycles. The first-order chi connectivity index (χ1) is 8.78.